The molecule has 0 radical (unpaired) electrons. The third kappa shape index (κ3) is 4.72. The molecule has 0 fully saturated rings. The second-order valence-electron chi connectivity index (χ2n) is 4.80. The summed E-state index contributed by atoms with van der Waals surface area (Å²) in [7, 11) is 0. The summed E-state index contributed by atoms with van der Waals surface area (Å²) in [6.07, 6.45) is 1.67. The van der Waals surface area contributed by atoms with Crippen LogP contribution >= 0.6 is 0 Å². The molecular formula is C15H21N3O. The minimum atomic E-state index is -0.0550. The number of nitriles is 1. The van der Waals surface area contributed by atoms with Gasteiger partial charge in [-0.05, 0) is 44.0 Å². The Morgan fingerprint density at radius 3 is 2.53 bits per heavy atom. The van der Waals surface area contributed by atoms with Crippen molar-refractivity contribution in [2.24, 2.45) is 11.7 Å². The maximum Gasteiger partial charge on any atom is 0.223 e. The van der Waals surface area contributed by atoms with Gasteiger partial charge in [0, 0.05) is 5.92 Å². The van der Waals surface area contributed by atoms with Crippen molar-refractivity contribution in [2.75, 3.05) is 6.54 Å². The van der Waals surface area contributed by atoms with Gasteiger partial charge in [0.2, 0.25) is 5.91 Å². The largest absolute Gasteiger partial charge is 0.349 e. The molecule has 0 saturated heterocycles. The van der Waals surface area contributed by atoms with Gasteiger partial charge in [-0.1, -0.05) is 19.1 Å². The van der Waals surface area contributed by atoms with Crippen LogP contribution in [0.15, 0.2) is 24.3 Å². The standard InChI is InChI=1S/C15H21N3O/c1-11(4-3-9-16)15(19)18-12(2)14-7-5-13(10-17)6-8-14/h5-8,11-12H,3-4,9,16H2,1-2H3,(H,18,19). The van der Waals surface area contributed by atoms with Crippen molar-refractivity contribution in [3.63, 3.8) is 0 Å². The second kappa shape index (κ2) is 7.55. The Balaban J connectivity index is 2.56. The third-order valence-electron chi connectivity index (χ3n) is 3.19. The van der Waals surface area contributed by atoms with Gasteiger partial charge in [-0.2, -0.15) is 5.26 Å². The van der Waals surface area contributed by atoms with Crippen LogP contribution in [0, 0.1) is 17.2 Å². The van der Waals surface area contributed by atoms with E-state index in [4.69, 9.17) is 11.0 Å². The minimum Gasteiger partial charge on any atom is -0.349 e. The predicted molar refractivity (Wildman–Crippen MR) is 75.2 cm³/mol. The minimum absolute atomic E-state index is 0.0237. The number of nitrogens with two attached hydrogens (primary N) is 1. The fourth-order valence-corrected chi connectivity index (χ4v) is 1.84. The van der Waals surface area contributed by atoms with Crippen LogP contribution in [0.5, 0.6) is 0 Å². The number of rotatable bonds is 6. The van der Waals surface area contributed by atoms with Crippen LogP contribution in [0.3, 0.4) is 0 Å². The maximum atomic E-state index is 12.0. The van der Waals surface area contributed by atoms with E-state index in [9.17, 15) is 4.79 Å². The van der Waals surface area contributed by atoms with Gasteiger partial charge < -0.3 is 11.1 Å². The first-order valence-electron chi connectivity index (χ1n) is 6.59. The van der Waals surface area contributed by atoms with E-state index < -0.39 is 0 Å². The molecule has 0 bridgehead atoms. The van der Waals surface area contributed by atoms with Crippen molar-refractivity contribution in [1.82, 2.24) is 5.32 Å². The number of carbonyl (C=O) groups is 1. The van der Waals surface area contributed by atoms with Crippen molar-refractivity contribution in [3.05, 3.63) is 35.4 Å². The molecule has 1 aromatic carbocycles. The molecule has 1 aromatic rings. The zero-order valence-corrected chi connectivity index (χ0v) is 11.5. The van der Waals surface area contributed by atoms with E-state index in [-0.39, 0.29) is 17.9 Å². The molecule has 4 nitrogen and oxygen atoms in total. The quantitative estimate of drug-likeness (QED) is 0.821. The number of nitrogens with zero attached hydrogens (tertiary/aromatic N) is 1. The molecule has 102 valence electrons. The van der Waals surface area contributed by atoms with Crippen molar-refractivity contribution >= 4 is 5.91 Å². The zero-order valence-electron chi connectivity index (χ0n) is 11.5. The molecular weight excluding hydrogens is 238 g/mol. The van der Waals surface area contributed by atoms with Crippen LogP contribution in [0.25, 0.3) is 0 Å². The molecule has 1 amide bonds. The van der Waals surface area contributed by atoms with Gasteiger partial charge in [0.15, 0.2) is 0 Å². The molecule has 0 aliphatic rings. The van der Waals surface area contributed by atoms with Gasteiger partial charge in [-0.3, -0.25) is 4.79 Å². The summed E-state index contributed by atoms with van der Waals surface area (Å²) in [5, 5.41) is 11.7. The topological polar surface area (TPSA) is 78.9 Å². The van der Waals surface area contributed by atoms with E-state index in [0.29, 0.717) is 12.1 Å². The molecule has 0 heterocycles. The summed E-state index contributed by atoms with van der Waals surface area (Å²) in [6.45, 7) is 4.47. The van der Waals surface area contributed by atoms with Gasteiger partial charge in [-0.25, -0.2) is 0 Å². The van der Waals surface area contributed by atoms with Crippen LogP contribution in [0.4, 0.5) is 0 Å². The number of nitrogens with one attached hydrogen (secondary N) is 1. The second-order valence-corrected chi connectivity index (χ2v) is 4.80. The van der Waals surface area contributed by atoms with E-state index in [1.807, 2.05) is 26.0 Å². The van der Waals surface area contributed by atoms with Gasteiger partial charge in [0.25, 0.3) is 0 Å². The van der Waals surface area contributed by atoms with Gasteiger partial charge in [0.05, 0.1) is 17.7 Å². The van der Waals surface area contributed by atoms with E-state index in [1.54, 1.807) is 12.1 Å². The van der Waals surface area contributed by atoms with Crippen LogP contribution in [-0.2, 0) is 4.79 Å². The van der Waals surface area contributed by atoms with E-state index >= 15 is 0 Å². The summed E-state index contributed by atoms with van der Waals surface area (Å²) in [6, 6.07) is 9.28. The highest BCUT2D eigenvalue weighted by Crippen LogP contribution is 2.14. The molecule has 0 spiro atoms. The summed E-state index contributed by atoms with van der Waals surface area (Å²) >= 11 is 0. The Kier molecular flexibility index (Phi) is 6.04. The van der Waals surface area contributed by atoms with Crippen molar-refractivity contribution in [3.8, 4) is 6.07 Å². The van der Waals surface area contributed by atoms with Gasteiger partial charge in [0.1, 0.15) is 0 Å². The Morgan fingerprint density at radius 1 is 1.37 bits per heavy atom. The molecule has 1 rings (SSSR count). The Hall–Kier alpha value is -1.86. The lowest BCUT2D eigenvalue weighted by Gasteiger charge is -2.17. The normalized spacial score (nSPS) is 13.4. The van der Waals surface area contributed by atoms with Gasteiger partial charge >= 0.3 is 0 Å². The summed E-state index contributed by atoms with van der Waals surface area (Å²) in [5.74, 6) is 0.0229. The first kappa shape index (κ1) is 15.2. The number of benzene rings is 1. The summed E-state index contributed by atoms with van der Waals surface area (Å²) in [4.78, 5) is 12.0. The average molecular weight is 259 g/mol. The first-order valence-corrected chi connectivity index (χ1v) is 6.59. The highest BCUT2D eigenvalue weighted by atomic mass is 16.1. The maximum absolute atomic E-state index is 12.0. The summed E-state index contributed by atoms with van der Waals surface area (Å²) < 4.78 is 0. The van der Waals surface area contributed by atoms with Crippen molar-refractivity contribution in [1.29, 1.82) is 5.26 Å². The molecule has 0 aliphatic carbocycles. The fraction of sp³-hybridized carbons (Fsp3) is 0.467. The Labute approximate surface area is 114 Å². The summed E-state index contributed by atoms with van der Waals surface area (Å²) in [5.41, 5.74) is 7.06. The third-order valence-corrected chi connectivity index (χ3v) is 3.19. The van der Waals surface area contributed by atoms with Crippen LogP contribution in [0.2, 0.25) is 0 Å². The van der Waals surface area contributed by atoms with Crippen molar-refractivity contribution in [2.45, 2.75) is 32.7 Å². The lowest BCUT2D eigenvalue weighted by molar-refractivity contribution is -0.125. The molecule has 2 atom stereocenters. The highest BCUT2D eigenvalue weighted by molar-refractivity contribution is 5.78. The first-order chi connectivity index (χ1) is 9.08. The van der Waals surface area contributed by atoms with Crippen LogP contribution in [0.1, 0.15) is 43.9 Å². The highest BCUT2D eigenvalue weighted by Gasteiger charge is 2.15. The molecule has 0 aliphatic heterocycles. The van der Waals surface area contributed by atoms with E-state index in [0.717, 1.165) is 18.4 Å². The number of hydrogen-bond donors (Lipinski definition) is 2. The average Bonchev–Trinajstić information content (AvgIpc) is 2.44. The molecule has 2 unspecified atom stereocenters. The molecule has 3 N–H and O–H groups in total. The monoisotopic (exact) mass is 259 g/mol. The molecule has 4 heteroatoms. The van der Waals surface area contributed by atoms with Crippen molar-refractivity contribution < 1.29 is 4.79 Å². The van der Waals surface area contributed by atoms with Crippen LogP contribution in [-0.4, -0.2) is 12.5 Å². The van der Waals surface area contributed by atoms with Gasteiger partial charge in [-0.15, -0.1) is 0 Å². The SMILES string of the molecule is CC(CCCN)C(=O)NC(C)c1ccc(C#N)cc1. The number of hydrogen-bond acceptors (Lipinski definition) is 3. The Bertz CT molecular complexity index is 447. The smallest absolute Gasteiger partial charge is 0.223 e. The Morgan fingerprint density at radius 2 is 2.00 bits per heavy atom. The van der Waals surface area contributed by atoms with Crippen LogP contribution < -0.4 is 11.1 Å². The number of amides is 1. The van der Waals surface area contributed by atoms with E-state index in [1.165, 1.54) is 0 Å². The fourth-order valence-electron chi connectivity index (χ4n) is 1.84. The molecule has 0 saturated carbocycles. The predicted octanol–water partition coefficient (Wildman–Crippen LogP) is 2.11. The molecule has 0 aromatic heterocycles. The number of carbonyl (C=O) groups excluding carboxylic acids is 1. The lowest BCUT2D eigenvalue weighted by atomic mass is 10.0. The lowest BCUT2D eigenvalue weighted by Crippen LogP contribution is -2.31. The zero-order chi connectivity index (χ0) is 14.3. The molecule has 19 heavy (non-hydrogen) atoms. The van der Waals surface area contributed by atoms with E-state index in [2.05, 4.69) is 11.4 Å².